The summed E-state index contributed by atoms with van der Waals surface area (Å²) in [6.07, 6.45) is 7.58. The van der Waals surface area contributed by atoms with Gasteiger partial charge in [-0.25, -0.2) is 0 Å². The highest BCUT2D eigenvalue weighted by Crippen LogP contribution is 2.28. The zero-order chi connectivity index (χ0) is 10.7. The monoisotopic (exact) mass is 209 g/mol. The molecule has 1 N–H and O–H groups in total. The summed E-state index contributed by atoms with van der Waals surface area (Å²) in [6, 6.07) is 0.406. The maximum absolute atomic E-state index is 10.6. The quantitative estimate of drug-likeness (QED) is 0.817. The van der Waals surface area contributed by atoms with E-state index >= 15 is 0 Å². The molecular weight excluding hydrogens is 194 g/mol. The van der Waals surface area contributed by atoms with Crippen molar-refractivity contribution in [1.29, 1.82) is 0 Å². The number of aliphatic carboxylic acids is 1. The van der Waals surface area contributed by atoms with Gasteiger partial charge in [-0.2, -0.15) is 0 Å². The summed E-state index contributed by atoms with van der Waals surface area (Å²) in [6.45, 7) is 0. The van der Waals surface area contributed by atoms with Crippen LogP contribution in [0.3, 0.4) is 0 Å². The van der Waals surface area contributed by atoms with Gasteiger partial charge in [-0.15, -0.1) is 10.2 Å². The molecule has 0 spiro atoms. The summed E-state index contributed by atoms with van der Waals surface area (Å²) in [5.74, 6) is -0.269. The van der Waals surface area contributed by atoms with Crippen LogP contribution in [0.15, 0.2) is 6.33 Å². The van der Waals surface area contributed by atoms with Gasteiger partial charge in [0.05, 0.1) is 0 Å². The highest BCUT2D eigenvalue weighted by atomic mass is 16.4. The van der Waals surface area contributed by atoms with Gasteiger partial charge in [0.2, 0.25) is 0 Å². The molecule has 5 heteroatoms. The predicted molar refractivity (Wildman–Crippen MR) is 53.5 cm³/mol. The molecule has 0 aliphatic heterocycles. The first-order chi connectivity index (χ1) is 7.27. The lowest BCUT2D eigenvalue weighted by atomic mass is 9.95. The second-order valence-electron chi connectivity index (χ2n) is 4.02. The van der Waals surface area contributed by atoms with Gasteiger partial charge in [-0.3, -0.25) is 4.79 Å². The minimum atomic E-state index is -0.847. The molecule has 1 aliphatic carbocycles. The number of hydrogen-bond donors (Lipinski definition) is 1. The van der Waals surface area contributed by atoms with E-state index < -0.39 is 5.97 Å². The van der Waals surface area contributed by atoms with E-state index in [1.807, 2.05) is 4.57 Å². The average Bonchev–Trinajstić information content (AvgIpc) is 2.66. The molecule has 1 saturated carbocycles. The van der Waals surface area contributed by atoms with E-state index in [4.69, 9.17) is 5.11 Å². The van der Waals surface area contributed by atoms with Gasteiger partial charge >= 0.3 is 5.97 Å². The molecule has 0 aromatic carbocycles. The predicted octanol–water partition coefficient (Wildman–Crippen LogP) is 1.41. The van der Waals surface area contributed by atoms with Crippen molar-refractivity contribution in [3.63, 3.8) is 0 Å². The van der Waals surface area contributed by atoms with Crippen molar-refractivity contribution < 1.29 is 9.90 Å². The maximum Gasteiger partial charge on any atom is 0.311 e. The van der Waals surface area contributed by atoms with Crippen LogP contribution in [-0.2, 0) is 11.2 Å². The van der Waals surface area contributed by atoms with Crippen molar-refractivity contribution in [3.8, 4) is 0 Å². The van der Waals surface area contributed by atoms with Crippen LogP contribution in [0.5, 0.6) is 0 Å². The third-order valence-electron chi connectivity index (χ3n) is 2.92. The van der Waals surface area contributed by atoms with E-state index in [0.29, 0.717) is 11.9 Å². The molecule has 0 bridgehead atoms. The molecule has 1 fully saturated rings. The number of nitrogens with zero attached hydrogens (tertiary/aromatic N) is 3. The van der Waals surface area contributed by atoms with Gasteiger partial charge in [-0.1, -0.05) is 19.3 Å². The van der Waals surface area contributed by atoms with Crippen molar-refractivity contribution in [3.05, 3.63) is 12.2 Å². The summed E-state index contributed by atoms with van der Waals surface area (Å²) >= 11 is 0. The molecule has 5 nitrogen and oxygen atoms in total. The van der Waals surface area contributed by atoms with Crippen LogP contribution in [0.4, 0.5) is 0 Å². The molecule has 1 aliphatic rings. The van der Waals surface area contributed by atoms with Crippen molar-refractivity contribution in [2.45, 2.75) is 44.6 Å². The van der Waals surface area contributed by atoms with E-state index in [0.717, 1.165) is 12.8 Å². The third-order valence-corrected chi connectivity index (χ3v) is 2.92. The number of rotatable bonds is 3. The Balaban J connectivity index is 2.12. The van der Waals surface area contributed by atoms with Gasteiger partial charge in [0, 0.05) is 6.04 Å². The number of aromatic nitrogens is 3. The van der Waals surface area contributed by atoms with Crippen LogP contribution in [0.2, 0.25) is 0 Å². The molecule has 82 valence electrons. The van der Waals surface area contributed by atoms with E-state index in [-0.39, 0.29) is 6.42 Å². The Morgan fingerprint density at radius 1 is 1.47 bits per heavy atom. The number of carboxylic acid groups (broad SMARTS) is 1. The molecule has 0 amide bonds. The van der Waals surface area contributed by atoms with Crippen LogP contribution >= 0.6 is 0 Å². The van der Waals surface area contributed by atoms with Crippen LogP contribution in [0, 0.1) is 0 Å². The molecule has 0 radical (unpaired) electrons. The van der Waals surface area contributed by atoms with Gasteiger partial charge in [0.1, 0.15) is 18.6 Å². The van der Waals surface area contributed by atoms with Crippen molar-refractivity contribution in [2.24, 2.45) is 0 Å². The largest absolute Gasteiger partial charge is 0.481 e. The fraction of sp³-hybridized carbons (Fsp3) is 0.700. The van der Waals surface area contributed by atoms with Gasteiger partial charge in [0.25, 0.3) is 0 Å². The van der Waals surface area contributed by atoms with E-state index in [1.165, 1.54) is 19.3 Å². The zero-order valence-electron chi connectivity index (χ0n) is 8.59. The van der Waals surface area contributed by atoms with E-state index in [1.54, 1.807) is 6.33 Å². The average molecular weight is 209 g/mol. The standard InChI is InChI=1S/C10H15N3O2/c14-10(15)6-9-12-11-7-13(9)8-4-2-1-3-5-8/h7-8H,1-6H2,(H,14,15). The lowest BCUT2D eigenvalue weighted by Crippen LogP contribution is -2.16. The second-order valence-corrected chi connectivity index (χ2v) is 4.02. The lowest BCUT2D eigenvalue weighted by Gasteiger charge is -2.23. The summed E-state index contributed by atoms with van der Waals surface area (Å²) in [5, 5.41) is 16.4. The Morgan fingerprint density at radius 2 is 2.20 bits per heavy atom. The molecule has 15 heavy (non-hydrogen) atoms. The van der Waals surface area contributed by atoms with Crippen LogP contribution in [0.1, 0.15) is 44.0 Å². The summed E-state index contributed by atoms with van der Waals surface area (Å²) < 4.78 is 1.94. The Labute approximate surface area is 88.1 Å². The summed E-state index contributed by atoms with van der Waals surface area (Å²) in [7, 11) is 0. The van der Waals surface area contributed by atoms with Gasteiger partial charge < -0.3 is 9.67 Å². The normalized spacial score (nSPS) is 17.9. The Morgan fingerprint density at radius 3 is 2.87 bits per heavy atom. The van der Waals surface area contributed by atoms with Crippen LogP contribution in [-0.4, -0.2) is 25.8 Å². The fourth-order valence-corrected chi connectivity index (χ4v) is 2.19. The lowest BCUT2D eigenvalue weighted by molar-refractivity contribution is -0.136. The molecule has 1 aromatic rings. The van der Waals surface area contributed by atoms with Crippen molar-refractivity contribution in [1.82, 2.24) is 14.8 Å². The second kappa shape index (κ2) is 4.42. The number of carboxylic acids is 1. The highest BCUT2D eigenvalue weighted by molar-refractivity contribution is 5.68. The van der Waals surface area contributed by atoms with Crippen molar-refractivity contribution in [2.75, 3.05) is 0 Å². The molecule has 0 atom stereocenters. The third kappa shape index (κ3) is 2.34. The zero-order valence-corrected chi connectivity index (χ0v) is 8.59. The fourth-order valence-electron chi connectivity index (χ4n) is 2.19. The Hall–Kier alpha value is -1.39. The first kappa shape index (κ1) is 10.1. The molecule has 0 unspecified atom stereocenters. The van der Waals surface area contributed by atoms with Crippen LogP contribution in [0.25, 0.3) is 0 Å². The molecule has 0 saturated heterocycles. The number of carbonyl (C=O) groups is 1. The SMILES string of the molecule is O=C(O)Cc1nncn1C1CCCCC1. The summed E-state index contributed by atoms with van der Waals surface area (Å²) in [5.41, 5.74) is 0. The van der Waals surface area contributed by atoms with Crippen molar-refractivity contribution >= 4 is 5.97 Å². The highest BCUT2D eigenvalue weighted by Gasteiger charge is 2.19. The Bertz CT molecular complexity index is 342. The first-order valence-electron chi connectivity index (χ1n) is 5.37. The Kier molecular flexibility index (Phi) is 2.99. The summed E-state index contributed by atoms with van der Waals surface area (Å²) in [4.78, 5) is 10.6. The smallest absolute Gasteiger partial charge is 0.311 e. The minimum absolute atomic E-state index is 0.0313. The molecule has 1 heterocycles. The van der Waals surface area contributed by atoms with E-state index in [9.17, 15) is 4.79 Å². The molecular formula is C10H15N3O2. The van der Waals surface area contributed by atoms with E-state index in [2.05, 4.69) is 10.2 Å². The molecule has 1 aromatic heterocycles. The first-order valence-corrected chi connectivity index (χ1v) is 5.37. The number of hydrogen-bond acceptors (Lipinski definition) is 3. The topological polar surface area (TPSA) is 68.0 Å². The van der Waals surface area contributed by atoms with Crippen LogP contribution < -0.4 is 0 Å². The minimum Gasteiger partial charge on any atom is -0.481 e. The maximum atomic E-state index is 10.6. The van der Waals surface area contributed by atoms with Gasteiger partial charge in [-0.05, 0) is 12.8 Å². The molecule has 2 rings (SSSR count). The van der Waals surface area contributed by atoms with Gasteiger partial charge in [0.15, 0.2) is 0 Å².